The van der Waals surface area contributed by atoms with Crippen molar-refractivity contribution in [1.29, 1.82) is 0 Å². The summed E-state index contributed by atoms with van der Waals surface area (Å²) in [7, 11) is 0. The molecule has 0 amide bonds. The van der Waals surface area contributed by atoms with E-state index in [0.717, 1.165) is 25.7 Å². The minimum absolute atomic E-state index is 0.00948. The summed E-state index contributed by atoms with van der Waals surface area (Å²) >= 11 is 5.36. The molecule has 4 fully saturated rings. The van der Waals surface area contributed by atoms with Gasteiger partial charge in [-0.3, -0.25) is 9.59 Å². The molecule has 43 heavy (non-hydrogen) atoms. The first-order chi connectivity index (χ1) is 19.8. The van der Waals surface area contributed by atoms with E-state index < -0.39 is 51.5 Å². The maximum absolute atomic E-state index is 14.4. The van der Waals surface area contributed by atoms with Gasteiger partial charge in [0.15, 0.2) is 10.9 Å². The molecule has 1 aromatic carbocycles. The van der Waals surface area contributed by atoms with Gasteiger partial charge in [-0.25, -0.2) is 0 Å². The van der Waals surface area contributed by atoms with E-state index in [9.17, 15) is 35.9 Å². The van der Waals surface area contributed by atoms with Crippen LogP contribution in [0.2, 0.25) is 0 Å². The van der Waals surface area contributed by atoms with Crippen molar-refractivity contribution < 1.29 is 40.7 Å². The molecule has 0 aromatic heterocycles. The summed E-state index contributed by atoms with van der Waals surface area (Å²) < 4.78 is 85.7. The van der Waals surface area contributed by atoms with Crippen molar-refractivity contribution in [2.45, 2.75) is 97.5 Å². The topological polar surface area (TPSA) is 67.4 Å². The molecule has 1 spiro atoms. The highest BCUT2D eigenvalue weighted by Gasteiger charge is 2.71. The average Bonchev–Trinajstić information content (AvgIpc) is 3.03. The zero-order valence-corrected chi connectivity index (χ0v) is 25.5. The van der Waals surface area contributed by atoms with Crippen LogP contribution in [0.3, 0.4) is 0 Å². The number of alkyl halides is 6. The summed E-state index contributed by atoms with van der Waals surface area (Å²) in [6.45, 7) is 8.32. The quantitative estimate of drug-likeness (QED) is 0.200. The van der Waals surface area contributed by atoms with Gasteiger partial charge < -0.3 is 15.4 Å². The lowest BCUT2D eigenvalue weighted by molar-refractivity contribution is -0.188. The van der Waals surface area contributed by atoms with E-state index in [1.165, 1.54) is 0 Å². The fourth-order valence-corrected chi connectivity index (χ4v) is 9.86. The molecule has 2 N–H and O–H groups in total. The van der Waals surface area contributed by atoms with Gasteiger partial charge in [-0.05, 0) is 112 Å². The molecule has 238 valence electrons. The molecule has 2 bridgehead atoms. The minimum atomic E-state index is -5.00. The summed E-state index contributed by atoms with van der Waals surface area (Å²) in [6.07, 6.45) is -4.08. The summed E-state index contributed by atoms with van der Waals surface area (Å²) in [5, 5.41) is 5.28. The number of ether oxygens (including phenoxy) is 1. The second-order valence-electron chi connectivity index (χ2n) is 13.9. The molecule has 0 saturated heterocycles. The number of ketones is 1. The second-order valence-corrected chi connectivity index (χ2v) is 14.3. The van der Waals surface area contributed by atoms with Gasteiger partial charge in [-0.15, -0.1) is 0 Å². The highest BCUT2D eigenvalue weighted by molar-refractivity contribution is 7.80. The fraction of sp³-hybridized carbons (Fsp3) is 0.710. The predicted molar refractivity (Wildman–Crippen MR) is 152 cm³/mol. The van der Waals surface area contributed by atoms with Crippen LogP contribution < -0.4 is 10.6 Å². The number of carbonyl (C=O) groups excluding carboxylic acids is 2. The molecular formula is C31H38F6N2O3S. The largest absolute Gasteiger partial charge is 0.466 e. The van der Waals surface area contributed by atoms with Crippen LogP contribution >= 0.6 is 12.2 Å². The number of thiocarbonyl (C=S) groups is 1. The van der Waals surface area contributed by atoms with Crippen LogP contribution in [0.4, 0.5) is 32.0 Å². The minimum Gasteiger partial charge on any atom is -0.466 e. The fourth-order valence-electron chi connectivity index (χ4n) is 9.62. The number of esters is 1. The van der Waals surface area contributed by atoms with Gasteiger partial charge in [0.05, 0.1) is 29.2 Å². The Balaban J connectivity index is 1.40. The smallest absolute Gasteiger partial charge is 0.416 e. The Morgan fingerprint density at radius 2 is 1.56 bits per heavy atom. The molecule has 0 unspecified atom stereocenters. The third-order valence-electron chi connectivity index (χ3n) is 11.4. The van der Waals surface area contributed by atoms with Crippen molar-refractivity contribution >= 4 is 34.8 Å². The van der Waals surface area contributed by atoms with Gasteiger partial charge >= 0.3 is 18.3 Å². The van der Waals surface area contributed by atoms with E-state index >= 15 is 0 Å². The van der Waals surface area contributed by atoms with E-state index in [1.807, 2.05) is 13.8 Å². The highest BCUT2D eigenvalue weighted by Crippen LogP contribution is 2.72. The van der Waals surface area contributed by atoms with Gasteiger partial charge in [0.25, 0.3) is 0 Å². The molecule has 1 aromatic rings. The summed E-state index contributed by atoms with van der Waals surface area (Å²) in [5.74, 6) is -0.0807. The third kappa shape index (κ3) is 5.13. The standard InChI is InChI=1S/C31H38F6N2O3S/c1-5-42-24(41)28(4)10-6-9-27(3)20(28)8-12-29-16-26(2,11-7-21(27)29)22(23(29)40)39-25(43)38-19-14-17(30(32,33)34)13-18(15-19)31(35,36)37/h13-15,20-22H,5-12,16H2,1-4H3,(H2,38,39,43)/t20-,21-,22+,26-,27+,28+,29-/m0/s1. The Morgan fingerprint density at radius 1 is 0.953 bits per heavy atom. The number of halogens is 6. The number of nitrogens with one attached hydrogen (secondary N) is 2. The van der Waals surface area contributed by atoms with Gasteiger partial charge in [-0.2, -0.15) is 26.3 Å². The Bertz CT molecular complexity index is 1300. The Hall–Kier alpha value is -2.37. The molecule has 4 aliphatic carbocycles. The van der Waals surface area contributed by atoms with Crippen LogP contribution in [0.5, 0.6) is 0 Å². The van der Waals surface area contributed by atoms with Crippen LogP contribution in [-0.4, -0.2) is 29.5 Å². The lowest BCUT2D eigenvalue weighted by atomic mass is 9.40. The van der Waals surface area contributed by atoms with Crippen LogP contribution in [0.15, 0.2) is 18.2 Å². The molecule has 0 aliphatic heterocycles. The molecule has 0 radical (unpaired) electrons. The van der Waals surface area contributed by atoms with E-state index in [1.54, 1.807) is 6.92 Å². The van der Waals surface area contributed by atoms with Crippen molar-refractivity contribution in [2.24, 2.45) is 33.5 Å². The number of rotatable bonds is 4. The number of fused-ring (bicyclic) bond motifs is 3. The first-order valence-electron chi connectivity index (χ1n) is 14.9. The summed E-state index contributed by atoms with van der Waals surface area (Å²) in [6, 6.07) is 0.451. The monoisotopic (exact) mass is 632 g/mol. The number of hydrogen-bond acceptors (Lipinski definition) is 4. The van der Waals surface area contributed by atoms with E-state index in [4.69, 9.17) is 17.0 Å². The molecule has 5 nitrogen and oxygen atoms in total. The predicted octanol–water partition coefficient (Wildman–Crippen LogP) is 7.92. The van der Waals surface area contributed by atoms with E-state index in [-0.39, 0.29) is 40.2 Å². The van der Waals surface area contributed by atoms with Crippen molar-refractivity contribution in [3.63, 3.8) is 0 Å². The maximum Gasteiger partial charge on any atom is 0.416 e. The molecular weight excluding hydrogens is 594 g/mol. The highest BCUT2D eigenvalue weighted by atomic mass is 32.1. The van der Waals surface area contributed by atoms with Gasteiger partial charge in [0, 0.05) is 11.1 Å². The summed E-state index contributed by atoms with van der Waals surface area (Å²) in [5.41, 5.74) is -5.40. The summed E-state index contributed by atoms with van der Waals surface area (Å²) in [4.78, 5) is 27.6. The van der Waals surface area contributed by atoms with Gasteiger partial charge in [0.1, 0.15) is 0 Å². The van der Waals surface area contributed by atoms with Crippen molar-refractivity contribution in [3.05, 3.63) is 29.3 Å². The number of anilines is 1. The Kier molecular flexibility index (Phi) is 7.70. The molecule has 4 saturated carbocycles. The van der Waals surface area contributed by atoms with Gasteiger partial charge in [-0.1, -0.05) is 20.3 Å². The van der Waals surface area contributed by atoms with Crippen LogP contribution in [-0.2, 0) is 26.7 Å². The van der Waals surface area contributed by atoms with Crippen LogP contribution in [0.25, 0.3) is 0 Å². The van der Waals surface area contributed by atoms with Crippen LogP contribution in [0.1, 0.15) is 90.2 Å². The van der Waals surface area contributed by atoms with Gasteiger partial charge in [0.2, 0.25) is 0 Å². The first-order valence-corrected chi connectivity index (χ1v) is 15.3. The molecule has 5 rings (SSSR count). The molecule has 7 atom stereocenters. The third-order valence-corrected chi connectivity index (χ3v) is 11.6. The van der Waals surface area contributed by atoms with Crippen molar-refractivity contribution in [2.75, 3.05) is 11.9 Å². The average molecular weight is 633 g/mol. The Morgan fingerprint density at radius 3 is 2.14 bits per heavy atom. The van der Waals surface area contributed by atoms with Crippen molar-refractivity contribution in [3.8, 4) is 0 Å². The lowest BCUT2D eigenvalue weighted by Gasteiger charge is -2.63. The van der Waals surface area contributed by atoms with E-state index in [0.29, 0.717) is 44.4 Å². The van der Waals surface area contributed by atoms with Crippen molar-refractivity contribution in [1.82, 2.24) is 5.32 Å². The van der Waals surface area contributed by atoms with Crippen LogP contribution in [0, 0.1) is 33.5 Å². The number of benzene rings is 1. The number of Topliss-reactive ketones (excluding diaryl/α,β-unsaturated/α-hetero) is 1. The second kappa shape index (κ2) is 10.3. The normalized spacial score (nSPS) is 37.3. The lowest BCUT2D eigenvalue weighted by Crippen LogP contribution is -2.60. The SMILES string of the molecule is CCOC(=O)[C@]1(C)CCC[C@@]2(C)[C@@H]3CC[C@@]4(C)C[C@]3(CC[C@@H]21)C(=O)[C@H]4NC(=S)Nc1cc(C(F)(F)F)cc(C(F)(F)F)c1. The Labute approximate surface area is 252 Å². The molecule has 12 heteroatoms. The maximum atomic E-state index is 14.4. The molecule has 0 heterocycles. The first kappa shape index (κ1) is 32.0. The number of carbonyl (C=O) groups is 2. The zero-order chi connectivity index (χ0) is 31.8. The molecule has 4 aliphatic rings. The number of hydrogen-bond donors (Lipinski definition) is 2. The van der Waals surface area contributed by atoms with E-state index in [2.05, 4.69) is 17.6 Å². The zero-order valence-electron chi connectivity index (χ0n) is 24.7.